The summed E-state index contributed by atoms with van der Waals surface area (Å²) in [5, 5.41) is 16.3. The smallest absolute Gasteiger partial charge is 0.220 e. The van der Waals surface area contributed by atoms with E-state index in [0.717, 1.165) is 43.0 Å². The summed E-state index contributed by atoms with van der Waals surface area (Å²) in [6, 6.07) is 0.770. The molecule has 1 aromatic heterocycles. The van der Waals surface area contributed by atoms with E-state index in [1.54, 1.807) is 18.9 Å². The van der Waals surface area contributed by atoms with Gasteiger partial charge in [0.05, 0.1) is 12.1 Å². The molecule has 1 aromatic rings. The maximum atomic E-state index is 12.1. The normalized spacial score (nSPS) is 24.5. The lowest BCUT2D eigenvalue weighted by atomic mass is 9.93. The van der Waals surface area contributed by atoms with Crippen LogP contribution in [-0.4, -0.2) is 51.1 Å². The quantitative estimate of drug-likeness (QED) is 0.550. The second kappa shape index (κ2) is 10.3. The standard InChI is InChI=1S/C18H31N5O2S/c1-25-16-11-9-14(10-12-16)19-17(24)8-5-13-26-18-20-21-22-23(18)15-6-3-2-4-7-15/h14-16H,2-13H2,1H3,(H,19,24). The Morgan fingerprint density at radius 1 is 1.19 bits per heavy atom. The Morgan fingerprint density at radius 2 is 1.96 bits per heavy atom. The molecule has 0 aliphatic heterocycles. The molecule has 2 saturated carbocycles. The number of hydrogen-bond acceptors (Lipinski definition) is 6. The average molecular weight is 382 g/mol. The van der Waals surface area contributed by atoms with E-state index in [-0.39, 0.29) is 5.91 Å². The Morgan fingerprint density at radius 3 is 2.69 bits per heavy atom. The van der Waals surface area contributed by atoms with Gasteiger partial charge in [-0.15, -0.1) is 5.10 Å². The second-order valence-electron chi connectivity index (χ2n) is 7.43. The molecule has 0 unspecified atom stereocenters. The molecule has 2 fully saturated rings. The molecule has 0 bridgehead atoms. The van der Waals surface area contributed by atoms with Crippen molar-refractivity contribution in [1.29, 1.82) is 0 Å². The summed E-state index contributed by atoms with van der Waals surface area (Å²) >= 11 is 1.67. The van der Waals surface area contributed by atoms with Crippen LogP contribution in [0.15, 0.2) is 5.16 Å². The molecular weight excluding hydrogens is 350 g/mol. The number of hydrogen-bond donors (Lipinski definition) is 1. The SMILES string of the molecule is COC1CCC(NC(=O)CCCSc2nnnn2C2CCCCC2)CC1. The fraction of sp³-hybridized carbons (Fsp3) is 0.889. The number of nitrogens with one attached hydrogen (secondary N) is 1. The van der Waals surface area contributed by atoms with Crippen LogP contribution in [0.3, 0.4) is 0 Å². The van der Waals surface area contributed by atoms with Gasteiger partial charge in [-0.2, -0.15) is 0 Å². The van der Waals surface area contributed by atoms with Crippen LogP contribution in [0.25, 0.3) is 0 Å². The fourth-order valence-corrected chi connectivity index (χ4v) is 4.86. The maximum Gasteiger partial charge on any atom is 0.220 e. The summed E-state index contributed by atoms with van der Waals surface area (Å²) in [6.45, 7) is 0. The number of carbonyl (C=O) groups is 1. The molecule has 0 saturated heterocycles. The van der Waals surface area contributed by atoms with Gasteiger partial charge in [0.15, 0.2) is 0 Å². The minimum atomic E-state index is 0.165. The lowest BCUT2D eigenvalue weighted by Crippen LogP contribution is -2.38. The summed E-state index contributed by atoms with van der Waals surface area (Å²) < 4.78 is 7.38. The third-order valence-electron chi connectivity index (χ3n) is 5.54. The molecule has 3 rings (SSSR count). The van der Waals surface area contributed by atoms with Crippen LogP contribution < -0.4 is 5.32 Å². The van der Waals surface area contributed by atoms with Crippen LogP contribution in [0.4, 0.5) is 0 Å². The highest BCUT2D eigenvalue weighted by Crippen LogP contribution is 2.30. The number of tetrazole rings is 1. The van der Waals surface area contributed by atoms with Crippen molar-refractivity contribution in [3.05, 3.63) is 0 Å². The van der Waals surface area contributed by atoms with Crippen molar-refractivity contribution >= 4 is 17.7 Å². The van der Waals surface area contributed by atoms with Crippen LogP contribution in [-0.2, 0) is 9.53 Å². The van der Waals surface area contributed by atoms with E-state index in [0.29, 0.717) is 24.6 Å². The summed E-state index contributed by atoms with van der Waals surface area (Å²) in [7, 11) is 1.77. The van der Waals surface area contributed by atoms with E-state index in [1.807, 2.05) is 4.68 Å². The molecule has 146 valence electrons. The van der Waals surface area contributed by atoms with Gasteiger partial charge in [0.1, 0.15) is 0 Å². The molecular formula is C18H31N5O2S. The monoisotopic (exact) mass is 381 g/mol. The summed E-state index contributed by atoms with van der Waals surface area (Å²) in [4.78, 5) is 12.1. The van der Waals surface area contributed by atoms with E-state index in [2.05, 4.69) is 20.8 Å². The first-order chi connectivity index (χ1) is 12.8. The highest BCUT2D eigenvalue weighted by molar-refractivity contribution is 7.99. The summed E-state index contributed by atoms with van der Waals surface area (Å²) in [5.74, 6) is 1.04. The van der Waals surface area contributed by atoms with Gasteiger partial charge in [0.2, 0.25) is 11.1 Å². The molecule has 0 spiro atoms. The van der Waals surface area contributed by atoms with Gasteiger partial charge in [-0.3, -0.25) is 4.79 Å². The topological polar surface area (TPSA) is 81.9 Å². The van der Waals surface area contributed by atoms with E-state index in [1.165, 1.54) is 32.1 Å². The number of carbonyl (C=O) groups excluding carboxylic acids is 1. The second-order valence-corrected chi connectivity index (χ2v) is 8.49. The van der Waals surface area contributed by atoms with E-state index < -0.39 is 0 Å². The van der Waals surface area contributed by atoms with Crippen molar-refractivity contribution in [2.75, 3.05) is 12.9 Å². The molecule has 8 heteroatoms. The molecule has 2 aliphatic rings. The Hall–Kier alpha value is -1.15. The van der Waals surface area contributed by atoms with Gasteiger partial charge in [0.25, 0.3) is 0 Å². The lowest BCUT2D eigenvalue weighted by Gasteiger charge is -2.28. The Kier molecular flexibility index (Phi) is 7.73. The van der Waals surface area contributed by atoms with Crippen LogP contribution in [0.5, 0.6) is 0 Å². The molecule has 2 aliphatic carbocycles. The maximum absolute atomic E-state index is 12.1. The third-order valence-corrected chi connectivity index (χ3v) is 6.55. The Bertz CT molecular complexity index is 554. The van der Waals surface area contributed by atoms with Gasteiger partial charge in [-0.1, -0.05) is 31.0 Å². The van der Waals surface area contributed by atoms with Gasteiger partial charge >= 0.3 is 0 Å². The molecule has 1 N–H and O–H groups in total. The summed E-state index contributed by atoms with van der Waals surface area (Å²) in [6.07, 6.45) is 12.1. The Balaban J connectivity index is 1.33. The predicted octanol–water partition coefficient (Wildman–Crippen LogP) is 3.12. The highest BCUT2D eigenvalue weighted by atomic mass is 32.2. The zero-order valence-electron chi connectivity index (χ0n) is 15.7. The van der Waals surface area contributed by atoms with Crippen LogP contribution in [0.2, 0.25) is 0 Å². The zero-order chi connectivity index (χ0) is 18.2. The van der Waals surface area contributed by atoms with E-state index in [9.17, 15) is 4.79 Å². The van der Waals surface area contributed by atoms with Crippen molar-refractivity contribution in [3.8, 4) is 0 Å². The van der Waals surface area contributed by atoms with Gasteiger partial charge in [0, 0.05) is 25.3 Å². The molecule has 0 aromatic carbocycles. The minimum absolute atomic E-state index is 0.165. The van der Waals surface area contributed by atoms with Crippen LogP contribution >= 0.6 is 11.8 Å². The largest absolute Gasteiger partial charge is 0.381 e. The average Bonchev–Trinajstić information content (AvgIpc) is 3.15. The first-order valence-corrected chi connectivity index (χ1v) is 11.0. The molecule has 1 heterocycles. The highest BCUT2D eigenvalue weighted by Gasteiger charge is 2.22. The van der Waals surface area contributed by atoms with E-state index >= 15 is 0 Å². The van der Waals surface area contributed by atoms with Crippen molar-refractivity contribution in [3.63, 3.8) is 0 Å². The van der Waals surface area contributed by atoms with Gasteiger partial charge < -0.3 is 10.1 Å². The number of aromatic nitrogens is 4. The number of amides is 1. The Labute approximate surface area is 160 Å². The van der Waals surface area contributed by atoms with Gasteiger partial charge in [-0.05, 0) is 55.4 Å². The lowest BCUT2D eigenvalue weighted by molar-refractivity contribution is -0.122. The molecule has 1 amide bonds. The predicted molar refractivity (Wildman–Crippen MR) is 101 cm³/mol. The number of ether oxygens (including phenoxy) is 1. The zero-order valence-corrected chi connectivity index (χ0v) is 16.5. The molecule has 7 nitrogen and oxygen atoms in total. The van der Waals surface area contributed by atoms with Crippen molar-refractivity contribution < 1.29 is 9.53 Å². The number of rotatable bonds is 8. The van der Waals surface area contributed by atoms with Crippen molar-refractivity contribution in [2.24, 2.45) is 0 Å². The van der Waals surface area contributed by atoms with E-state index in [4.69, 9.17) is 4.74 Å². The minimum Gasteiger partial charge on any atom is -0.381 e. The number of thioether (sulfide) groups is 1. The number of methoxy groups -OCH3 is 1. The van der Waals surface area contributed by atoms with Crippen LogP contribution in [0.1, 0.15) is 76.7 Å². The molecule has 0 atom stereocenters. The first-order valence-electron chi connectivity index (χ1n) is 9.99. The van der Waals surface area contributed by atoms with Crippen molar-refractivity contribution in [2.45, 2.75) is 94.0 Å². The molecule has 26 heavy (non-hydrogen) atoms. The van der Waals surface area contributed by atoms with Gasteiger partial charge in [-0.25, -0.2) is 4.68 Å². The fourth-order valence-electron chi connectivity index (χ4n) is 3.97. The third kappa shape index (κ3) is 5.67. The number of nitrogens with zero attached hydrogens (tertiary/aromatic N) is 4. The molecule has 0 radical (unpaired) electrons. The van der Waals surface area contributed by atoms with Crippen molar-refractivity contribution in [1.82, 2.24) is 25.5 Å². The first kappa shape index (κ1) is 19.6. The summed E-state index contributed by atoms with van der Waals surface area (Å²) in [5.41, 5.74) is 0. The van der Waals surface area contributed by atoms with Crippen LogP contribution in [0, 0.1) is 0 Å².